The minimum absolute atomic E-state index is 0.0378. The molecule has 3 nitrogen and oxygen atoms in total. The van der Waals surface area contributed by atoms with Crippen molar-refractivity contribution in [3.05, 3.63) is 46.3 Å². The van der Waals surface area contributed by atoms with Crippen LogP contribution in [0.2, 0.25) is 0 Å². The Labute approximate surface area is 121 Å². The molecule has 0 atom stereocenters. The topological polar surface area (TPSA) is 51.8 Å². The van der Waals surface area contributed by atoms with Gasteiger partial charge in [-0.05, 0) is 38.0 Å². The van der Waals surface area contributed by atoms with Crippen LogP contribution in [0.25, 0.3) is 11.3 Å². The van der Waals surface area contributed by atoms with E-state index in [2.05, 4.69) is 33.0 Å². The Bertz CT molecular complexity index is 603. The molecular formula is C15H16BrN3. The number of rotatable bonds is 3. The molecule has 0 radical (unpaired) electrons. The van der Waals surface area contributed by atoms with Crippen LogP contribution in [0.4, 0.5) is 0 Å². The SMILES string of the molecule is Cc1cc(-c2ccc(Br)cc2)nc(C2(CN)CC2)n1. The van der Waals surface area contributed by atoms with Crippen LogP contribution in [-0.2, 0) is 5.41 Å². The average Bonchev–Trinajstić information content (AvgIpc) is 3.20. The van der Waals surface area contributed by atoms with Gasteiger partial charge in [-0.3, -0.25) is 0 Å². The van der Waals surface area contributed by atoms with Gasteiger partial charge in [0.2, 0.25) is 0 Å². The zero-order valence-electron chi connectivity index (χ0n) is 10.9. The van der Waals surface area contributed by atoms with Gasteiger partial charge in [-0.25, -0.2) is 9.97 Å². The molecule has 2 N–H and O–H groups in total. The van der Waals surface area contributed by atoms with E-state index in [1.807, 2.05) is 25.1 Å². The summed E-state index contributed by atoms with van der Waals surface area (Å²) < 4.78 is 1.07. The van der Waals surface area contributed by atoms with Crippen LogP contribution in [0.3, 0.4) is 0 Å². The summed E-state index contributed by atoms with van der Waals surface area (Å²) in [7, 11) is 0. The zero-order chi connectivity index (χ0) is 13.5. The van der Waals surface area contributed by atoms with Gasteiger partial charge in [-0.15, -0.1) is 0 Å². The fourth-order valence-electron chi connectivity index (χ4n) is 2.24. The van der Waals surface area contributed by atoms with Gasteiger partial charge in [-0.1, -0.05) is 28.1 Å². The summed E-state index contributed by atoms with van der Waals surface area (Å²) in [6.07, 6.45) is 2.21. The summed E-state index contributed by atoms with van der Waals surface area (Å²) in [5.41, 5.74) is 9.01. The van der Waals surface area contributed by atoms with E-state index in [1.165, 1.54) is 0 Å². The number of nitrogens with two attached hydrogens (primary N) is 1. The van der Waals surface area contributed by atoms with Crippen molar-refractivity contribution in [3.8, 4) is 11.3 Å². The van der Waals surface area contributed by atoms with Gasteiger partial charge < -0.3 is 5.73 Å². The highest BCUT2D eigenvalue weighted by atomic mass is 79.9. The maximum Gasteiger partial charge on any atom is 0.136 e. The van der Waals surface area contributed by atoms with E-state index in [4.69, 9.17) is 10.7 Å². The molecule has 1 aliphatic carbocycles. The number of halogens is 1. The van der Waals surface area contributed by atoms with Gasteiger partial charge in [0, 0.05) is 27.7 Å². The van der Waals surface area contributed by atoms with E-state index in [9.17, 15) is 0 Å². The quantitative estimate of drug-likeness (QED) is 0.945. The molecule has 4 heteroatoms. The first-order valence-electron chi connectivity index (χ1n) is 6.45. The molecule has 1 heterocycles. The molecule has 1 saturated carbocycles. The zero-order valence-corrected chi connectivity index (χ0v) is 12.4. The second-order valence-corrected chi connectivity index (χ2v) is 6.13. The van der Waals surface area contributed by atoms with Crippen molar-refractivity contribution in [2.45, 2.75) is 25.2 Å². The molecule has 1 aliphatic rings. The van der Waals surface area contributed by atoms with Crippen molar-refractivity contribution < 1.29 is 0 Å². The molecule has 1 aromatic carbocycles. The van der Waals surface area contributed by atoms with Crippen molar-refractivity contribution in [2.75, 3.05) is 6.54 Å². The third kappa shape index (κ3) is 2.42. The molecule has 0 saturated heterocycles. The summed E-state index contributed by atoms with van der Waals surface area (Å²) in [4.78, 5) is 9.31. The van der Waals surface area contributed by atoms with Gasteiger partial charge in [0.15, 0.2) is 0 Å². The van der Waals surface area contributed by atoms with Crippen LogP contribution in [0.5, 0.6) is 0 Å². The molecule has 0 spiro atoms. The Morgan fingerprint density at radius 1 is 1.21 bits per heavy atom. The maximum atomic E-state index is 5.87. The lowest BCUT2D eigenvalue weighted by atomic mass is 10.1. The van der Waals surface area contributed by atoms with E-state index >= 15 is 0 Å². The van der Waals surface area contributed by atoms with Gasteiger partial charge in [0.05, 0.1) is 5.69 Å². The standard InChI is InChI=1S/C15H16BrN3/c1-10-8-13(11-2-4-12(16)5-3-11)19-14(18-10)15(9-17)6-7-15/h2-5,8H,6-7,9,17H2,1H3. The smallest absolute Gasteiger partial charge is 0.136 e. The Hall–Kier alpha value is -1.26. The Morgan fingerprint density at radius 2 is 1.89 bits per heavy atom. The summed E-state index contributed by atoms with van der Waals surface area (Å²) in [6, 6.07) is 10.2. The van der Waals surface area contributed by atoms with E-state index in [0.29, 0.717) is 6.54 Å². The predicted molar refractivity (Wildman–Crippen MR) is 79.9 cm³/mol. The van der Waals surface area contributed by atoms with Gasteiger partial charge in [0.25, 0.3) is 0 Å². The van der Waals surface area contributed by atoms with E-state index in [0.717, 1.165) is 40.1 Å². The predicted octanol–water partition coefficient (Wildman–Crippen LogP) is 3.20. The summed E-state index contributed by atoms with van der Waals surface area (Å²) in [5.74, 6) is 0.910. The van der Waals surface area contributed by atoms with E-state index < -0.39 is 0 Å². The first-order valence-corrected chi connectivity index (χ1v) is 7.24. The first kappa shape index (κ1) is 12.8. The molecule has 1 fully saturated rings. The van der Waals surface area contributed by atoms with Crippen LogP contribution in [0, 0.1) is 6.92 Å². The second kappa shape index (κ2) is 4.69. The third-order valence-electron chi connectivity index (χ3n) is 3.71. The maximum absolute atomic E-state index is 5.87. The highest BCUT2D eigenvalue weighted by Gasteiger charge is 2.46. The minimum atomic E-state index is 0.0378. The van der Waals surface area contributed by atoms with Crippen molar-refractivity contribution >= 4 is 15.9 Å². The van der Waals surface area contributed by atoms with E-state index in [-0.39, 0.29) is 5.41 Å². The molecule has 1 aromatic heterocycles. The Balaban J connectivity index is 2.05. The second-order valence-electron chi connectivity index (χ2n) is 5.21. The van der Waals surface area contributed by atoms with Crippen LogP contribution in [0.15, 0.2) is 34.8 Å². The van der Waals surface area contributed by atoms with Crippen LogP contribution >= 0.6 is 15.9 Å². The summed E-state index contributed by atoms with van der Waals surface area (Å²) >= 11 is 3.45. The normalized spacial score (nSPS) is 16.4. The summed E-state index contributed by atoms with van der Waals surface area (Å²) in [5, 5.41) is 0. The van der Waals surface area contributed by atoms with Crippen molar-refractivity contribution in [3.63, 3.8) is 0 Å². The summed E-state index contributed by atoms with van der Waals surface area (Å²) in [6.45, 7) is 2.65. The van der Waals surface area contributed by atoms with Crippen LogP contribution < -0.4 is 5.73 Å². The molecule has 0 amide bonds. The van der Waals surface area contributed by atoms with Crippen molar-refractivity contribution in [1.29, 1.82) is 0 Å². The minimum Gasteiger partial charge on any atom is -0.329 e. The number of aryl methyl sites for hydroxylation is 1. The molecule has 0 bridgehead atoms. The lowest BCUT2D eigenvalue weighted by molar-refractivity contribution is 0.646. The Kier molecular flexibility index (Phi) is 3.15. The Morgan fingerprint density at radius 3 is 2.47 bits per heavy atom. The molecule has 0 aliphatic heterocycles. The lowest BCUT2D eigenvalue weighted by Crippen LogP contribution is -2.23. The highest BCUT2D eigenvalue weighted by molar-refractivity contribution is 9.10. The largest absolute Gasteiger partial charge is 0.329 e. The van der Waals surface area contributed by atoms with Gasteiger partial charge in [-0.2, -0.15) is 0 Å². The highest BCUT2D eigenvalue weighted by Crippen LogP contribution is 2.45. The molecule has 19 heavy (non-hydrogen) atoms. The number of benzene rings is 1. The monoisotopic (exact) mass is 317 g/mol. The third-order valence-corrected chi connectivity index (χ3v) is 4.24. The van der Waals surface area contributed by atoms with Crippen LogP contribution in [-0.4, -0.2) is 16.5 Å². The number of nitrogens with zero attached hydrogens (tertiary/aromatic N) is 2. The van der Waals surface area contributed by atoms with Crippen molar-refractivity contribution in [2.24, 2.45) is 5.73 Å². The van der Waals surface area contributed by atoms with Gasteiger partial charge >= 0.3 is 0 Å². The molecular weight excluding hydrogens is 302 g/mol. The van der Waals surface area contributed by atoms with E-state index in [1.54, 1.807) is 0 Å². The number of aromatic nitrogens is 2. The number of hydrogen-bond donors (Lipinski definition) is 1. The average molecular weight is 318 g/mol. The fraction of sp³-hybridized carbons (Fsp3) is 0.333. The molecule has 0 unspecified atom stereocenters. The fourth-order valence-corrected chi connectivity index (χ4v) is 2.51. The van der Waals surface area contributed by atoms with Crippen molar-refractivity contribution in [1.82, 2.24) is 9.97 Å². The molecule has 2 aromatic rings. The van der Waals surface area contributed by atoms with Gasteiger partial charge in [0.1, 0.15) is 5.82 Å². The lowest BCUT2D eigenvalue weighted by Gasteiger charge is -2.13. The number of hydrogen-bond acceptors (Lipinski definition) is 3. The first-order chi connectivity index (χ1) is 9.13. The molecule has 3 rings (SSSR count). The van der Waals surface area contributed by atoms with Crippen LogP contribution in [0.1, 0.15) is 24.4 Å². The molecule has 98 valence electrons.